The second-order valence-corrected chi connectivity index (χ2v) is 4.22. The van der Waals surface area contributed by atoms with Crippen LogP contribution in [-0.2, 0) is 6.42 Å². The molecule has 0 aromatic heterocycles. The van der Waals surface area contributed by atoms with E-state index in [4.69, 9.17) is 0 Å². The third kappa shape index (κ3) is 3.27. The molecule has 0 radical (unpaired) electrons. The number of hydrogen-bond acceptors (Lipinski definition) is 1. The lowest BCUT2D eigenvalue weighted by Gasteiger charge is -2.22. The van der Waals surface area contributed by atoms with E-state index in [0.29, 0.717) is 23.9 Å². The largest absolute Gasteiger partial charge is 0.317 e. The van der Waals surface area contributed by atoms with Crippen molar-refractivity contribution in [1.29, 1.82) is 0 Å². The van der Waals surface area contributed by atoms with Gasteiger partial charge in [0, 0.05) is 12.1 Å². The lowest BCUT2D eigenvalue weighted by molar-refractivity contribution is 0.382. The molecule has 1 N–H and O–H groups in total. The van der Waals surface area contributed by atoms with Crippen molar-refractivity contribution >= 4 is 0 Å². The van der Waals surface area contributed by atoms with Crippen molar-refractivity contribution in [3.63, 3.8) is 0 Å². The zero-order chi connectivity index (χ0) is 12.1. The number of hydrogen-bond donors (Lipinski definition) is 1. The molecule has 0 saturated carbocycles. The third-order valence-electron chi connectivity index (χ3n) is 3.05. The Balaban J connectivity index is 2.72. The van der Waals surface area contributed by atoms with Gasteiger partial charge < -0.3 is 5.32 Å². The maximum Gasteiger partial charge on any atom is 0.129 e. The zero-order valence-electron chi connectivity index (χ0n) is 10.1. The van der Waals surface area contributed by atoms with Gasteiger partial charge in [-0.15, -0.1) is 0 Å². The molecule has 0 aliphatic carbocycles. The smallest absolute Gasteiger partial charge is 0.129 e. The maximum atomic E-state index is 13.4. The van der Waals surface area contributed by atoms with E-state index in [9.17, 15) is 8.78 Å². The van der Waals surface area contributed by atoms with Crippen molar-refractivity contribution in [2.24, 2.45) is 5.92 Å². The van der Waals surface area contributed by atoms with Crippen LogP contribution in [0.2, 0.25) is 0 Å². The van der Waals surface area contributed by atoms with Gasteiger partial charge in [0.2, 0.25) is 0 Å². The number of benzene rings is 1. The summed E-state index contributed by atoms with van der Waals surface area (Å²) in [6, 6.07) is 4.15. The summed E-state index contributed by atoms with van der Waals surface area (Å²) in [5.74, 6) is -0.637. The van der Waals surface area contributed by atoms with Gasteiger partial charge in [-0.25, -0.2) is 8.78 Å². The van der Waals surface area contributed by atoms with Crippen molar-refractivity contribution < 1.29 is 8.78 Å². The summed E-state index contributed by atoms with van der Waals surface area (Å²) in [6.07, 6.45) is 1.63. The quantitative estimate of drug-likeness (QED) is 0.814. The molecule has 1 aromatic carbocycles. The summed E-state index contributed by atoms with van der Waals surface area (Å²) in [4.78, 5) is 0. The molecule has 0 amide bonds. The van der Waals surface area contributed by atoms with Gasteiger partial charge in [-0.2, -0.15) is 0 Å². The van der Waals surface area contributed by atoms with E-state index in [1.165, 1.54) is 12.1 Å². The minimum atomic E-state index is -0.519. The van der Waals surface area contributed by atoms with Crippen molar-refractivity contribution in [1.82, 2.24) is 5.32 Å². The summed E-state index contributed by atoms with van der Waals surface area (Å²) in [7, 11) is 1.91. The van der Waals surface area contributed by atoms with Gasteiger partial charge in [0.25, 0.3) is 0 Å². The zero-order valence-corrected chi connectivity index (χ0v) is 10.1. The van der Waals surface area contributed by atoms with Crippen LogP contribution in [0.5, 0.6) is 0 Å². The summed E-state index contributed by atoms with van der Waals surface area (Å²) in [5, 5.41) is 3.21. The molecule has 0 aliphatic heterocycles. The Kier molecular flexibility index (Phi) is 4.87. The fourth-order valence-corrected chi connectivity index (χ4v) is 2.07. The van der Waals surface area contributed by atoms with Gasteiger partial charge in [0.15, 0.2) is 0 Å². The van der Waals surface area contributed by atoms with Crippen LogP contribution in [0.25, 0.3) is 0 Å². The highest BCUT2D eigenvalue weighted by Gasteiger charge is 2.15. The fraction of sp³-hybridized carbons (Fsp3) is 0.538. The molecular weight excluding hydrogens is 208 g/mol. The van der Waals surface area contributed by atoms with E-state index in [-0.39, 0.29) is 0 Å². The van der Waals surface area contributed by atoms with E-state index < -0.39 is 11.6 Å². The molecule has 2 unspecified atom stereocenters. The van der Waals surface area contributed by atoms with Gasteiger partial charge in [-0.1, -0.05) is 19.9 Å². The minimum Gasteiger partial charge on any atom is -0.317 e. The van der Waals surface area contributed by atoms with E-state index in [1.807, 2.05) is 7.05 Å². The summed E-state index contributed by atoms with van der Waals surface area (Å²) in [5.41, 5.74) is 0.586. The molecule has 16 heavy (non-hydrogen) atoms. The second kappa shape index (κ2) is 5.94. The Morgan fingerprint density at radius 2 is 2.00 bits per heavy atom. The highest BCUT2D eigenvalue weighted by molar-refractivity contribution is 5.19. The molecule has 0 aliphatic rings. The first-order valence-corrected chi connectivity index (χ1v) is 5.69. The van der Waals surface area contributed by atoms with Crippen LogP contribution in [0.3, 0.4) is 0 Å². The molecule has 1 rings (SSSR count). The molecule has 3 heteroatoms. The first-order valence-electron chi connectivity index (χ1n) is 5.69. The summed E-state index contributed by atoms with van der Waals surface area (Å²) in [6.45, 7) is 4.17. The molecule has 0 heterocycles. The number of rotatable bonds is 5. The predicted molar refractivity (Wildman–Crippen MR) is 62.4 cm³/mol. The van der Waals surface area contributed by atoms with E-state index >= 15 is 0 Å². The molecule has 0 spiro atoms. The van der Waals surface area contributed by atoms with Crippen LogP contribution in [0.15, 0.2) is 18.2 Å². The first-order chi connectivity index (χ1) is 7.58. The second-order valence-electron chi connectivity index (χ2n) is 4.22. The highest BCUT2D eigenvalue weighted by atomic mass is 19.1. The predicted octanol–water partition coefficient (Wildman–Crippen LogP) is 3.14. The van der Waals surface area contributed by atoms with Crippen LogP contribution in [-0.4, -0.2) is 13.1 Å². The average molecular weight is 227 g/mol. The van der Waals surface area contributed by atoms with Crippen LogP contribution >= 0.6 is 0 Å². The Labute approximate surface area is 95.9 Å². The van der Waals surface area contributed by atoms with Crippen molar-refractivity contribution in [2.75, 3.05) is 7.05 Å². The molecular formula is C13H19F2N. The third-order valence-corrected chi connectivity index (χ3v) is 3.05. The van der Waals surface area contributed by atoms with Crippen molar-refractivity contribution in [3.05, 3.63) is 35.4 Å². The monoisotopic (exact) mass is 227 g/mol. The van der Waals surface area contributed by atoms with Crippen LogP contribution < -0.4 is 5.32 Å². The SMILES string of the molecule is CCC(NC)C(C)Cc1ccc(F)cc1F. The summed E-state index contributed by atoms with van der Waals surface area (Å²) < 4.78 is 26.1. The molecule has 0 bridgehead atoms. The molecule has 2 atom stereocenters. The highest BCUT2D eigenvalue weighted by Crippen LogP contribution is 2.17. The van der Waals surface area contributed by atoms with Gasteiger partial charge in [0.1, 0.15) is 11.6 Å². The number of nitrogens with one attached hydrogen (secondary N) is 1. The Morgan fingerprint density at radius 1 is 1.31 bits per heavy atom. The number of halogens is 2. The minimum absolute atomic E-state index is 0.329. The maximum absolute atomic E-state index is 13.4. The lowest BCUT2D eigenvalue weighted by Crippen LogP contribution is -2.32. The molecule has 0 fully saturated rings. The van der Waals surface area contributed by atoms with Crippen molar-refractivity contribution in [2.45, 2.75) is 32.7 Å². The van der Waals surface area contributed by atoms with Gasteiger partial charge >= 0.3 is 0 Å². The van der Waals surface area contributed by atoms with Gasteiger partial charge in [-0.3, -0.25) is 0 Å². The fourth-order valence-electron chi connectivity index (χ4n) is 2.07. The topological polar surface area (TPSA) is 12.0 Å². The van der Waals surface area contributed by atoms with Gasteiger partial charge in [-0.05, 0) is 37.4 Å². The average Bonchev–Trinajstić information content (AvgIpc) is 2.24. The Bertz CT molecular complexity index is 335. The Morgan fingerprint density at radius 3 is 2.50 bits per heavy atom. The van der Waals surface area contributed by atoms with E-state index in [0.717, 1.165) is 12.5 Å². The Hall–Kier alpha value is -0.960. The molecule has 1 nitrogen and oxygen atoms in total. The normalized spacial score (nSPS) is 14.8. The summed E-state index contributed by atoms with van der Waals surface area (Å²) >= 11 is 0. The van der Waals surface area contributed by atoms with Crippen molar-refractivity contribution in [3.8, 4) is 0 Å². The van der Waals surface area contributed by atoms with Crippen LogP contribution in [0.1, 0.15) is 25.8 Å². The standard InChI is InChI=1S/C13H19F2N/c1-4-13(16-3)9(2)7-10-5-6-11(14)8-12(10)15/h5-6,8-9,13,16H,4,7H2,1-3H3. The van der Waals surface area contributed by atoms with E-state index in [2.05, 4.69) is 19.2 Å². The molecule has 0 saturated heterocycles. The van der Waals surface area contributed by atoms with Gasteiger partial charge in [0.05, 0.1) is 0 Å². The van der Waals surface area contributed by atoms with E-state index in [1.54, 1.807) is 0 Å². The lowest BCUT2D eigenvalue weighted by atomic mass is 9.92. The van der Waals surface area contributed by atoms with Crippen LogP contribution in [0, 0.1) is 17.6 Å². The molecule has 1 aromatic rings. The molecule has 90 valence electrons. The van der Waals surface area contributed by atoms with Crippen LogP contribution in [0.4, 0.5) is 8.78 Å². The first kappa shape index (κ1) is 13.1.